The predicted octanol–water partition coefficient (Wildman–Crippen LogP) is 3.39. The number of thioether (sulfide) groups is 1. The van der Waals surface area contributed by atoms with Gasteiger partial charge in [0.15, 0.2) is 0 Å². The van der Waals surface area contributed by atoms with Crippen LogP contribution in [-0.2, 0) is 10.2 Å². The van der Waals surface area contributed by atoms with Crippen molar-refractivity contribution < 1.29 is 4.74 Å². The summed E-state index contributed by atoms with van der Waals surface area (Å²) in [6, 6.07) is 0. The van der Waals surface area contributed by atoms with E-state index >= 15 is 0 Å². The van der Waals surface area contributed by atoms with E-state index in [-0.39, 0.29) is 5.41 Å². The van der Waals surface area contributed by atoms with Gasteiger partial charge in [-0.25, -0.2) is 9.97 Å². The van der Waals surface area contributed by atoms with Gasteiger partial charge < -0.3 is 10.1 Å². The molecule has 0 amide bonds. The van der Waals surface area contributed by atoms with Gasteiger partial charge in [0.2, 0.25) is 0 Å². The van der Waals surface area contributed by atoms with E-state index in [4.69, 9.17) is 9.72 Å². The summed E-state index contributed by atoms with van der Waals surface area (Å²) in [5, 5.41) is 4.76. The lowest BCUT2D eigenvalue weighted by Gasteiger charge is -2.21. The molecule has 4 nitrogen and oxygen atoms in total. The average Bonchev–Trinajstić information content (AvgIpc) is 2.76. The zero-order valence-corrected chi connectivity index (χ0v) is 14.1. The first-order valence-corrected chi connectivity index (χ1v) is 8.06. The number of hydrogen-bond acceptors (Lipinski definition) is 5. The maximum Gasteiger partial charge on any atom is 0.137 e. The summed E-state index contributed by atoms with van der Waals surface area (Å²) < 4.78 is 5.65. The molecule has 0 aliphatic carbocycles. The highest BCUT2D eigenvalue weighted by Gasteiger charge is 2.28. The monoisotopic (exact) mass is 295 g/mol. The molecule has 0 saturated carbocycles. The van der Waals surface area contributed by atoms with Gasteiger partial charge in [-0.05, 0) is 20.3 Å². The zero-order chi connectivity index (χ0) is 14.9. The lowest BCUT2D eigenvalue weighted by Crippen LogP contribution is -2.19. The third kappa shape index (κ3) is 3.26. The smallest absolute Gasteiger partial charge is 0.137 e. The topological polar surface area (TPSA) is 47.0 Å². The molecule has 1 saturated heterocycles. The van der Waals surface area contributed by atoms with Crippen LogP contribution >= 0.6 is 11.8 Å². The van der Waals surface area contributed by atoms with Crippen LogP contribution in [0.15, 0.2) is 5.03 Å². The Morgan fingerprint density at radius 1 is 1.30 bits per heavy atom. The van der Waals surface area contributed by atoms with Crippen molar-refractivity contribution in [1.29, 1.82) is 0 Å². The van der Waals surface area contributed by atoms with Crippen molar-refractivity contribution in [3.63, 3.8) is 0 Å². The van der Waals surface area contributed by atoms with Crippen LogP contribution < -0.4 is 5.32 Å². The summed E-state index contributed by atoms with van der Waals surface area (Å²) in [5.74, 6) is 1.82. The summed E-state index contributed by atoms with van der Waals surface area (Å²) in [5.41, 5.74) is 1.08. The second-order valence-electron chi connectivity index (χ2n) is 6.35. The van der Waals surface area contributed by atoms with Gasteiger partial charge in [0, 0.05) is 29.9 Å². The third-order valence-corrected chi connectivity index (χ3v) is 5.12. The molecule has 1 aromatic heterocycles. The van der Waals surface area contributed by atoms with Crippen molar-refractivity contribution >= 4 is 17.6 Å². The van der Waals surface area contributed by atoms with Crippen LogP contribution in [0.3, 0.4) is 0 Å². The normalized spacial score (nSPS) is 23.1. The Balaban J connectivity index is 2.35. The van der Waals surface area contributed by atoms with Gasteiger partial charge in [0.05, 0.1) is 6.10 Å². The van der Waals surface area contributed by atoms with Crippen LogP contribution in [0.5, 0.6) is 0 Å². The molecule has 1 aliphatic heterocycles. The number of aromatic nitrogens is 2. The number of rotatable bonds is 3. The van der Waals surface area contributed by atoms with Crippen molar-refractivity contribution in [2.24, 2.45) is 0 Å². The minimum atomic E-state index is -0.0492. The van der Waals surface area contributed by atoms with Crippen molar-refractivity contribution in [1.82, 2.24) is 9.97 Å². The fourth-order valence-electron chi connectivity index (χ4n) is 2.20. The highest BCUT2D eigenvalue weighted by molar-refractivity contribution is 8.00. The molecule has 0 aromatic carbocycles. The lowest BCUT2D eigenvalue weighted by molar-refractivity contribution is 0.127. The fourth-order valence-corrected chi connectivity index (χ4v) is 3.38. The molecule has 5 heteroatoms. The average molecular weight is 295 g/mol. The number of nitrogens with zero attached hydrogens (tertiary/aromatic N) is 2. The highest BCUT2D eigenvalue weighted by atomic mass is 32.2. The third-order valence-electron chi connectivity index (χ3n) is 3.58. The molecule has 0 bridgehead atoms. The maximum absolute atomic E-state index is 5.65. The van der Waals surface area contributed by atoms with Gasteiger partial charge in [-0.2, -0.15) is 0 Å². The highest BCUT2D eigenvalue weighted by Crippen LogP contribution is 2.36. The van der Waals surface area contributed by atoms with Crippen LogP contribution in [0.2, 0.25) is 0 Å². The first kappa shape index (κ1) is 15.6. The molecule has 2 atom stereocenters. The van der Waals surface area contributed by atoms with E-state index in [1.54, 1.807) is 0 Å². The Morgan fingerprint density at radius 3 is 2.50 bits per heavy atom. The fraction of sp³-hybridized carbons (Fsp3) is 0.733. The number of anilines is 1. The zero-order valence-electron chi connectivity index (χ0n) is 13.3. The Kier molecular flexibility index (Phi) is 4.59. The van der Waals surface area contributed by atoms with Crippen LogP contribution in [0.1, 0.15) is 45.5 Å². The van der Waals surface area contributed by atoms with Crippen molar-refractivity contribution in [2.75, 3.05) is 19.0 Å². The summed E-state index contributed by atoms with van der Waals surface area (Å²) in [6.45, 7) is 11.5. The van der Waals surface area contributed by atoms with Crippen LogP contribution in [0, 0.1) is 6.92 Å². The van der Waals surface area contributed by atoms with Gasteiger partial charge in [-0.1, -0.05) is 32.5 Å². The quantitative estimate of drug-likeness (QED) is 0.866. The molecule has 1 aliphatic rings. The molecular formula is C15H25N3OS. The van der Waals surface area contributed by atoms with Crippen LogP contribution in [-0.4, -0.2) is 35.0 Å². The van der Waals surface area contributed by atoms with Crippen LogP contribution in [0.25, 0.3) is 0 Å². The summed E-state index contributed by atoms with van der Waals surface area (Å²) in [7, 11) is 1.91. The van der Waals surface area contributed by atoms with E-state index in [0.29, 0.717) is 11.4 Å². The van der Waals surface area contributed by atoms with E-state index in [1.807, 2.05) is 18.8 Å². The lowest BCUT2D eigenvalue weighted by atomic mass is 9.95. The van der Waals surface area contributed by atoms with Gasteiger partial charge in [-0.15, -0.1) is 0 Å². The standard InChI is InChI=1S/C15H25N3OS/c1-9-12(16-6)17-14(15(3,4)5)18-13(9)20-11-7-8-19-10(11)2/h10-11H,7-8H2,1-6H3,(H,16,17,18). The van der Waals surface area contributed by atoms with Crippen LogP contribution in [0.4, 0.5) is 5.82 Å². The molecule has 1 fully saturated rings. The Labute approximate surface area is 126 Å². The number of ether oxygens (including phenoxy) is 1. The Hall–Kier alpha value is -0.810. The summed E-state index contributed by atoms with van der Waals surface area (Å²) >= 11 is 1.83. The summed E-state index contributed by atoms with van der Waals surface area (Å²) in [6.07, 6.45) is 1.39. The van der Waals surface area contributed by atoms with E-state index in [9.17, 15) is 0 Å². The molecule has 2 rings (SSSR count). The second kappa shape index (κ2) is 5.90. The Bertz CT molecular complexity index is 485. The first-order valence-electron chi connectivity index (χ1n) is 7.18. The Morgan fingerprint density at radius 2 is 2.00 bits per heavy atom. The van der Waals surface area contributed by atoms with E-state index < -0.39 is 0 Å². The van der Waals surface area contributed by atoms with Gasteiger partial charge in [-0.3, -0.25) is 0 Å². The molecule has 0 spiro atoms. The maximum atomic E-state index is 5.65. The molecule has 1 aromatic rings. The first-order chi connectivity index (χ1) is 9.32. The molecule has 2 unspecified atom stereocenters. The van der Waals surface area contributed by atoms with E-state index in [1.165, 1.54) is 0 Å². The molecule has 20 heavy (non-hydrogen) atoms. The predicted molar refractivity (Wildman–Crippen MR) is 84.7 cm³/mol. The molecule has 2 heterocycles. The largest absolute Gasteiger partial charge is 0.377 e. The molecule has 112 valence electrons. The minimum Gasteiger partial charge on any atom is -0.377 e. The van der Waals surface area contributed by atoms with Crippen molar-refractivity contribution in [3.8, 4) is 0 Å². The SMILES string of the molecule is CNc1nc(C(C)(C)C)nc(SC2CCOC2C)c1C. The minimum absolute atomic E-state index is 0.0492. The molecule has 1 N–H and O–H groups in total. The van der Waals surface area contributed by atoms with E-state index in [2.05, 4.69) is 44.9 Å². The van der Waals surface area contributed by atoms with E-state index in [0.717, 1.165) is 35.3 Å². The summed E-state index contributed by atoms with van der Waals surface area (Å²) in [4.78, 5) is 9.46. The number of nitrogens with one attached hydrogen (secondary N) is 1. The van der Waals surface area contributed by atoms with Gasteiger partial charge >= 0.3 is 0 Å². The van der Waals surface area contributed by atoms with Crippen molar-refractivity contribution in [2.45, 2.75) is 62.8 Å². The number of hydrogen-bond donors (Lipinski definition) is 1. The van der Waals surface area contributed by atoms with Gasteiger partial charge in [0.1, 0.15) is 16.7 Å². The molecular weight excluding hydrogens is 270 g/mol. The van der Waals surface area contributed by atoms with Crippen molar-refractivity contribution in [3.05, 3.63) is 11.4 Å². The molecule has 0 radical (unpaired) electrons. The second-order valence-corrected chi connectivity index (χ2v) is 7.57. The van der Waals surface area contributed by atoms with Gasteiger partial charge in [0.25, 0.3) is 0 Å².